The maximum atomic E-state index is 13.2. The molecule has 0 aliphatic carbocycles. The van der Waals surface area contributed by atoms with Gasteiger partial charge in [0.1, 0.15) is 11.4 Å². The van der Waals surface area contributed by atoms with E-state index in [9.17, 15) is 9.59 Å². The zero-order valence-electron chi connectivity index (χ0n) is 19.7. The molecule has 1 fully saturated rings. The van der Waals surface area contributed by atoms with Crippen LogP contribution in [0.25, 0.3) is 21.8 Å². The van der Waals surface area contributed by atoms with Crippen LogP contribution in [-0.4, -0.2) is 57.8 Å². The first-order valence-electron chi connectivity index (χ1n) is 11.6. The fraction of sp³-hybridized carbons (Fsp3) is 0.333. The molecule has 0 spiro atoms. The van der Waals surface area contributed by atoms with Crippen LogP contribution in [-0.2, 0) is 0 Å². The number of hydrogen-bond donors (Lipinski definition) is 2. The number of aromatic amines is 2. The van der Waals surface area contributed by atoms with Crippen molar-refractivity contribution in [3.63, 3.8) is 0 Å². The van der Waals surface area contributed by atoms with E-state index in [1.807, 2.05) is 21.9 Å². The molecule has 3 heterocycles. The highest BCUT2D eigenvalue weighted by Crippen LogP contribution is 2.24. The topological polar surface area (TPSA) is 72.2 Å². The first-order valence-corrected chi connectivity index (χ1v) is 11.6. The van der Waals surface area contributed by atoms with E-state index in [0.29, 0.717) is 37.6 Å². The minimum Gasteiger partial charge on any atom is -0.351 e. The maximum Gasteiger partial charge on any atom is 0.270 e. The van der Waals surface area contributed by atoms with Crippen LogP contribution in [0.3, 0.4) is 0 Å². The van der Waals surface area contributed by atoms with E-state index in [1.54, 1.807) is 0 Å². The number of H-pyrrole nitrogens is 2. The molecule has 0 radical (unpaired) electrons. The second-order valence-corrected chi connectivity index (χ2v) is 9.39. The van der Waals surface area contributed by atoms with Crippen molar-refractivity contribution in [2.24, 2.45) is 0 Å². The number of nitrogens with zero attached hydrogens (tertiary/aromatic N) is 2. The number of aromatic nitrogens is 2. The van der Waals surface area contributed by atoms with Crippen LogP contribution in [0.4, 0.5) is 0 Å². The number of amides is 2. The minimum absolute atomic E-state index is 0.00531. The largest absolute Gasteiger partial charge is 0.351 e. The van der Waals surface area contributed by atoms with E-state index < -0.39 is 0 Å². The third-order valence-electron chi connectivity index (χ3n) is 6.71. The summed E-state index contributed by atoms with van der Waals surface area (Å²) >= 11 is 0. The SMILES string of the molecule is Cc1cc(C)c2cc(C(=O)N3CCCN(C(=O)c4cc5c(C)cc(C)cc5[nH]4)CC3)[nH]c2c1. The van der Waals surface area contributed by atoms with Crippen LogP contribution in [0.15, 0.2) is 36.4 Å². The van der Waals surface area contributed by atoms with Gasteiger partial charge in [-0.3, -0.25) is 9.59 Å². The highest BCUT2D eigenvalue weighted by atomic mass is 16.2. The van der Waals surface area contributed by atoms with Crippen molar-refractivity contribution in [1.82, 2.24) is 19.8 Å². The number of benzene rings is 2. The molecule has 1 aliphatic heterocycles. The lowest BCUT2D eigenvalue weighted by Crippen LogP contribution is -2.37. The standard InChI is InChI=1S/C27H30N4O2/c1-16-10-18(3)20-14-24(28-22(20)12-16)26(32)30-6-5-7-31(9-8-30)27(33)25-15-21-19(4)11-17(2)13-23(21)29-25/h10-15,28-29H,5-9H2,1-4H3. The maximum absolute atomic E-state index is 13.2. The fourth-order valence-electron chi connectivity index (χ4n) is 5.09. The van der Waals surface area contributed by atoms with Gasteiger partial charge >= 0.3 is 0 Å². The lowest BCUT2D eigenvalue weighted by Gasteiger charge is -2.21. The van der Waals surface area contributed by atoms with Gasteiger partial charge in [-0.25, -0.2) is 0 Å². The number of fused-ring (bicyclic) bond motifs is 2. The molecule has 0 bridgehead atoms. The summed E-state index contributed by atoms with van der Waals surface area (Å²) in [4.78, 5) is 36.8. The first kappa shape index (κ1) is 21.3. The Morgan fingerprint density at radius 3 is 1.48 bits per heavy atom. The molecule has 0 saturated carbocycles. The highest BCUT2D eigenvalue weighted by molar-refractivity contribution is 6.00. The average Bonchev–Trinajstić information content (AvgIpc) is 3.30. The van der Waals surface area contributed by atoms with Gasteiger partial charge in [-0.1, -0.05) is 12.1 Å². The highest BCUT2D eigenvalue weighted by Gasteiger charge is 2.25. The van der Waals surface area contributed by atoms with Crippen LogP contribution in [0.2, 0.25) is 0 Å². The Kier molecular flexibility index (Phi) is 5.23. The van der Waals surface area contributed by atoms with E-state index in [2.05, 4.69) is 61.9 Å². The molecular weight excluding hydrogens is 412 g/mol. The Morgan fingerprint density at radius 1 is 0.636 bits per heavy atom. The average molecular weight is 443 g/mol. The van der Waals surface area contributed by atoms with E-state index >= 15 is 0 Å². The summed E-state index contributed by atoms with van der Waals surface area (Å²) in [6.07, 6.45) is 0.758. The van der Waals surface area contributed by atoms with E-state index in [1.165, 1.54) is 11.1 Å². The molecule has 4 aromatic rings. The van der Waals surface area contributed by atoms with Gasteiger partial charge in [-0.2, -0.15) is 0 Å². The van der Waals surface area contributed by atoms with Crippen molar-refractivity contribution in [3.8, 4) is 0 Å². The normalized spacial score (nSPS) is 14.8. The molecule has 0 atom stereocenters. The summed E-state index contributed by atoms with van der Waals surface area (Å²) in [6, 6.07) is 12.3. The van der Waals surface area contributed by atoms with Crippen molar-refractivity contribution in [1.29, 1.82) is 0 Å². The van der Waals surface area contributed by atoms with E-state index in [0.717, 1.165) is 39.4 Å². The number of aryl methyl sites for hydroxylation is 4. The summed E-state index contributed by atoms with van der Waals surface area (Å²) in [6.45, 7) is 10.6. The monoisotopic (exact) mass is 442 g/mol. The molecule has 2 N–H and O–H groups in total. The molecule has 2 aromatic heterocycles. The summed E-state index contributed by atoms with van der Waals surface area (Å²) in [5, 5.41) is 2.17. The molecule has 2 aromatic carbocycles. The number of carbonyl (C=O) groups is 2. The predicted octanol–water partition coefficient (Wildman–Crippen LogP) is 4.87. The number of hydrogen-bond acceptors (Lipinski definition) is 2. The third kappa shape index (κ3) is 3.90. The van der Waals surface area contributed by atoms with Crippen molar-refractivity contribution in [3.05, 3.63) is 70.0 Å². The zero-order valence-corrected chi connectivity index (χ0v) is 19.7. The van der Waals surface area contributed by atoms with E-state index in [4.69, 9.17) is 0 Å². The van der Waals surface area contributed by atoms with Gasteiger partial charge in [0.15, 0.2) is 0 Å². The Balaban J connectivity index is 1.32. The number of carbonyl (C=O) groups excluding carboxylic acids is 2. The predicted molar refractivity (Wildman–Crippen MR) is 132 cm³/mol. The smallest absolute Gasteiger partial charge is 0.270 e. The Labute approximate surface area is 193 Å². The Hall–Kier alpha value is -3.54. The van der Waals surface area contributed by atoms with Gasteiger partial charge in [-0.05, 0) is 80.6 Å². The Morgan fingerprint density at radius 2 is 1.06 bits per heavy atom. The lowest BCUT2D eigenvalue weighted by molar-refractivity contribution is 0.0714. The summed E-state index contributed by atoms with van der Waals surface area (Å²) in [7, 11) is 0. The second-order valence-electron chi connectivity index (χ2n) is 9.39. The van der Waals surface area contributed by atoms with Gasteiger partial charge in [0.2, 0.25) is 0 Å². The summed E-state index contributed by atoms with van der Waals surface area (Å²) in [5.41, 5.74) is 7.88. The van der Waals surface area contributed by atoms with Crippen molar-refractivity contribution >= 4 is 33.6 Å². The second kappa shape index (κ2) is 8.10. The fourth-order valence-corrected chi connectivity index (χ4v) is 5.09. The van der Waals surface area contributed by atoms with Crippen molar-refractivity contribution in [2.75, 3.05) is 26.2 Å². The molecule has 1 saturated heterocycles. The molecular formula is C27H30N4O2. The number of rotatable bonds is 2. The zero-order chi connectivity index (χ0) is 23.3. The lowest BCUT2D eigenvalue weighted by atomic mass is 10.1. The number of nitrogens with one attached hydrogen (secondary N) is 2. The van der Waals surface area contributed by atoms with Crippen molar-refractivity contribution < 1.29 is 9.59 Å². The molecule has 0 unspecified atom stereocenters. The quantitative estimate of drug-likeness (QED) is 0.465. The van der Waals surface area contributed by atoms with Crippen molar-refractivity contribution in [2.45, 2.75) is 34.1 Å². The molecule has 2 amide bonds. The van der Waals surface area contributed by atoms with Crippen LogP contribution < -0.4 is 0 Å². The summed E-state index contributed by atoms with van der Waals surface area (Å²) in [5.74, 6) is -0.0106. The Bertz CT molecular complexity index is 1290. The van der Waals surface area contributed by atoms with E-state index in [-0.39, 0.29) is 11.8 Å². The molecule has 1 aliphatic rings. The van der Waals surface area contributed by atoms with Gasteiger partial charge in [0, 0.05) is 48.0 Å². The van der Waals surface area contributed by atoms with Gasteiger partial charge in [-0.15, -0.1) is 0 Å². The van der Waals surface area contributed by atoms with Crippen LogP contribution in [0, 0.1) is 27.7 Å². The van der Waals surface area contributed by atoms with Gasteiger partial charge in [0.05, 0.1) is 0 Å². The summed E-state index contributed by atoms with van der Waals surface area (Å²) < 4.78 is 0. The van der Waals surface area contributed by atoms with Crippen LogP contribution in [0.1, 0.15) is 49.7 Å². The molecule has 170 valence electrons. The molecule has 5 rings (SSSR count). The molecule has 33 heavy (non-hydrogen) atoms. The third-order valence-corrected chi connectivity index (χ3v) is 6.71. The van der Waals surface area contributed by atoms with Crippen LogP contribution >= 0.6 is 0 Å². The van der Waals surface area contributed by atoms with Gasteiger partial charge in [0.25, 0.3) is 11.8 Å². The minimum atomic E-state index is -0.00531. The van der Waals surface area contributed by atoms with Crippen LogP contribution in [0.5, 0.6) is 0 Å². The van der Waals surface area contributed by atoms with Gasteiger partial charge < -0.3 is 19.8 Å². The molecule has 6 nitrogen and oxygen atoms in total. The molecule has 6 heteroatoms. The first-order chi connectivity index (χ1) is 15.8.